The molecule has 1 rings (SSSR count). The molecule has 0 unspecified atom stereocenters. The van der Waals surface area contributed by atoms with E-state index in [0.717, 1.165) is 31.0 Å². The van der Waals surface area contributed by atoms with E-state index in [0.29, 0.717) is 5.92 Å². The maximum Gasteiger partial charge on any atom is 0.123 e. The average Bonchev–Trinajstić information content (AvgIpc) is 1.76. The summed E-state index contributed by atoms with van der Waals surface area (Å²) in [4.78, 5) is 10.2. The highest BCUT2D eigenvalue weighted by atomic mass is 16.1. The first-order valence-corrected chi connectivity index (χ1v) is 4.17. The van der Waals surface area contributed by atoms with Crippen LogP contribution in [0.2, 0.25) is 0 Å². The Morgan fingerprint density at radius 3 is 2.50 bits per heavy atom. The summed E-state index contributed by atoms with van der Waals surface area (Å²) < 4.78 is 0. The smallest absolute Gasteiger partial charge is 0.123 e. The van der Waals surface area contributed by atoms with Crippen LogP contribution in [0.15, 0.2) is 0 Å². The van der Waals surface area contributed by atoms with Gasteiger partial charge < -0.3 is 4.79 Å². The number of carbonyl (C=O) groups is 1. The van der Waals surface area contributed by atoms with Crippen LogP contribution in [0, 0.1) is 17.8 Å². The Morgan fingerprint density at radius 1 is 1.50 bits per heavy atom. The Balaban J connectivity index is 2.08. The minimum Gasteiger partial charge on any atom is -0.303 e. The number of hydrogen-bond donors (Lipinski definition) is 0. The van der Waals surface area contributed by atoms with E-state index >= 15 is 0 Å². The molecule has 0 heterocycles. The maximum absolute atomic E-state index is 10.2. The van der Waals surface area contributed by atoms with Crippen LogP contribution in [0.1, 0.15) is 33.1 Å². The van der Waals surface area contributed by atoms with Crippen molar-refractivity contribution in [3.05, 3.63) is 0 Å². The highest BCUT2D eigenvalue weighted by Gasteiger charge is 2.28. The van der Waals surface area contributed by atoms with Crippen LogP contribution in [0.3, 0.4) is 0 Å². The molecule has 1 saturated carbocycles. The van der Waals surface area contributed by atoms with Crippen molar-refractivity contribution in [2.75, 3.05) is 0 Å². The summed E-state index contributed by atoms with van der Waals surface area (Å²) >= 11 is 0. The van der Waals surface area contributed by atoms with E-state index in [1.807, 2.05) is 0 Å². The third kappa shape index (κ3) is 1.83. The van der Waals surface area contributed by atoms with Crippen molar-refractivity contribution in [2.45, 2.75) is 33.1 Å². The second-order valence-electron chi connectivity index (χ2n) is 3.86. The molecule has 0 bridgehead atoms. The molecular weight excluding hydrogens is 124 g/mol. The second-order valence-corrected chi connectivity index (χ2v) is 3.86. The molecule has 0 spiro atoms. The molecule has 0 aromatic rings. The van der Waals surface area contributed by atoms with Crippen molar-refractivity contribution in [3.8, 4) is 0 Å². The van der Waals surface area contributed by atoms with Crippen LogP contribution in [0.4, 0.5) is 0 Å². The summed E-state index contributed by atoms with van der Waals surface area (Å²) in [5.41, 5.74) is 0. The number of carbonyl (C=O) groups excluding carboxylic acids is 1. The van der Waals surface area contributed by atoms with E-state index in [-0.39, 0.29) is 0 Å². The Hall–Kier alpha value is -0.330. The SMILES string of the molecule is CC(C)C[C@H]1C[C@@H](C=O)C1. The minimum atomic E-state index is 0.406. The van der Waals surface area contributed by atoms with Crippen molar-refractivity contribution in [2.24, 2.45) is 17.8 Å². The topological polar surface area (TPSA) is 17.1 Å². The lowest BCUT2D eigenvalue weighted by molar-refractivity contribution is -0.114. The third-order valence-corrected chi connectivity index (χ3v) is 2.27. The molecule has 1 fully saturated rings. The molecule has 10 heavy (non-hydrogen) atoms. The van der Waals surface area contributed by atoms with E-state index in [4.69, 9.17) is 0 Å². The lowest BCUT2D eigenvalue weighted by Crippen LogP contribution is -2.25. The Bertz CT molecular complexity index is 112. The summed E-state index contributed by atoms with van der Waals surface area (Å²) in [6.45, 7) is 4.49. The number of rotatable bonds is 3. The standard InChI is InChI=1S/C9H16O/c1-7(2)3-8-4-9(5-8)6-10/h6-9H,3-5H2,1-2H3/t8-,9+. The van der Waals surface area contributed by atoms with Crippen LogP contribution in [0.25, 0.3) is 0 Å². The summed E-state index contributed by atoms with van der Waals surface area (Å²) in [7, 11) is 0. The normalized spacial score (nSPS) is 31.9. The minimum absolute atomic E-state index is 0.406. The predicted molar refractivity (Wildman–Crippen MR) is 41.7 cm³/mol. The van der Waals surface area contributed by atoms with Crippen molar-refractivity contribution >= 4 is 6.29 Å². The zero-order chi connectivity index (χ0) is 7.56. The van der Waals surface area contributed by atoms with Gasteiger partial charge in [0.15, 0.2) is 0 Å². The van der Waals surface area contributed by atoms with Crippen molar-refractivity contribution in [3.63, 3.8) is 0 Å². The molecule has 1 aliphatic rings. The Morgan fingerprint density at radius 2 is 2.10 bits per heavy atom. The number of hydrogen-bond acceptors (Lipinski definition) is 1. The van der Waals surface area contributed by atoms with Crippen LogP contribution in [-0.2, 0) is 4.79 Å². The van der Waals surface area contributed by atoms with Crippen LogP contribution in [-0.4, -0.2) is 6.29 Å². The second kappa shape index (κ2) is 3.18. The maximum atomic E-state index is 10.2. The molecule has 0 saturated heterocycles. The highest BCUT2D eigenvalue weighted by molar-refractivity contribution is 5.54. The monoisotopic (exact) mass is 140 g/mol. The summed E-state index contributed by atoms with van der Waals surface area (Å²) in [6, 6.07) is 0. The van der Waals surface area contributed by atoms with Crippen molar-refractivity contribution in [1.29, 1.82) is 0 Å². The van der Waals surface area contributed by atoms with E-state index in [1.165, 1.54) is 6.42 Å². The lowest BCUT2D eigenvalue weighted by Gasteiger charge is -2.32. The molecule has 0 aliphatic heterocycles. The molecule has 0 aromatic carbocycles. The molecular formula is C9H16O. The first kappa shape index (κ1) is 7.77. The lowest BCUT2D eigenvalue weighted by atomic mass is 9.72. The predicted octanol–water partition coefficient (Wildman–Crippen LogP) is 2.26. The fourth-order valence-corrected chi connectivity index (χ4v) is 1.76. The quantitative estimate of drug-likeness (QED) is 0.549. The van der Waals surface area contributed by atoms with Gasteiger partial charge in [0, 0.05) is 5.92 Å². The summed E-state index contributed by atoms with van der Waals surface area (Å²) in [5.74, 6) is 2.07. The fraction of sp³-hybridized carbons (Fsp3) is 0.889. The fourth-order valence-electron chi connectivity index (χ4n) is 1.76. The van der Waals surface area contributed by atoms with Crippen LogP contribution in [0.5, 0.6) is 0 Å². The number of aldehydes is 1. The van der Waals surface area contributed by atoms with Gasteiger partial charge in [-0.05, 0) is 31.1 Å². The first-order chi connectivity index (χ1) is 4.72. The van der Waals surface area contributed by atoms with Gasteiger partial charge in [-0.2, -0.15) is 0 Å². The van der Waals surface area contributed by atoms with Crippen LogP contribution >= 0.6 is 0 Å². The van der Waals surface area contributed by atoms with Gasteiger partial charge >= 0.3 is 0 Å². The molecule has 58 valence electrons. The van der Waals surface area contributed by atoms with E-state index in [2.05, 4.69) is 13.8 Å². The zero-order valence-electron chi connectivity index (χ0n) is 6.84. The molecule has 0 aromatic heterocycles. The molecule has 0 amide bonds. The van der Waals surface area contributed by atoms with Gasteiger partial charge in [-0.25, -0.2) is 0 Å². The Kier molecular flexibility index (Phi) is 2.47. The van der Waals surface area contributed by atoms with Crippen molar-refractivity contribution < 1.29 is 4.79 Å². The van der Waals surface area contributed by atoms with Gasteiger partial charge in [0.1, 0.15) is 6.29 Å². The first-order valence-electron chi connectivity index (χ1n) is 4.17. The van der Waals surface area contributed by atoms with E-state index < -0.39 is 0 Å². The summed E-state index contributed by atoms with van der Waals surface area (Å²) in [5, 5.41) is 0. The highest BCUT2D eigenvalue weighted by Crippen LogP contribution is 2.36. The molecule has 1 aliphatic carbocycles. The van der Waals surface area contributed by atoms with Gasteiger partial charge in [-0.3, -0.25) is 0 Å². The van der Waals surface area contributed by atoms with Gasteiger partial charge in [0.2, 0.25) is 0 Å². The Labute approximate surface area is 62.8 Å². The van der Waals surface area contributed by atoms with Gasteiger partial charge in [0.25, 0.3) is 0 Å². The summed E-state index contributed by atoms with van der Waals surface area (Å²) in [6.07, 6.45) is 4.73. The van der Waals surface area contributed by atoms with Gasteiger partial charge in [0.05, 0.1) is 0 Å². The molecule has 0 N–H and O–H groups in total. The molecule has 0 atom stereocenters. The average molecular weight is 140 g/mol. The van der Waals surface area contributed by atoms with Crippen LogP contribution < -0.4 is 0 Å². The zero-order valence-corrected chi connectivity index (χ0v) is 6.84. The largest absolute Gasteiger partial charge is 0.303 e. The third-order valence-electron chi connectivity index (χ3n) is 2.27. The van der Waals surface area contributed by atoms with E-state index in [1.54, 1.807) is 0 Å². The molecule has 1 nitrogen and oxygen atoms in total. The van der Waals surface area contributed by atoms with E-state index in [9.17, 15) is 4.79 Å². The van der Waals surface area contributed by atoms with Crippen molar-refractivity contribution in [1.82, 2.24) is 0 Å². The van der Waals surface area contributed by atoms with Gasteiger partial charge in [-0.1, -0.05) is 13.8 Å². The van der Waals surface area contributed by atoms with Gasteiger partial charge in [-0.15, -0.1) is 0 Å². The molecule has 0 radical (unpaired) electrons. The molecule has 1 heteroatoms.